The van der Waals surface area contributed by atoms with Crippen molar-refractivity contribution in [2.75, 3.05) is 18.0 Å². The Bertz CT molecular complexity index is 681. The molecule has 1 fully saturated rings. The highest BCUT2D eigenvalue weighted by Crippen LogP contribution is 2.39. The standard InChI is InChI=1S/C13H12N4O3S/c14-6-10-5-11(13(21-10)17(18)19)16-3-1-9(2-4-16)12-7-15-8-20-12/h5,7-9H,1-4H2. The predicted molar refractivity (Wildman–Crippen MR) is 76.4 cm³/mol. The van der Waals surface area contributed by atoms with Crippen LogP contribution in [0, 0.1) is 21.4 Å². The summed E-state index contributed by atoms with van der Waals surface area (Å²) in [5, 5.41) is 20.1. The van der Waals surface area contributed by atoms with E-state index in [-0.39, 0.29) is 5.00 Å². The van der Waals surface area contributed by atoms with E-state index in [0.29, 0.717) is 29.6 Å². The van der Waals surface area contributed by atoms with E-state index in [9.17, 15) is 10.1 Å². The Morgan fingerprint density at radius 2 is 2.29 bits per heavy atom. The minimum atomic E-state index is -0.413. The number of piperidine rings is 1. The van der Waals surface area contributed by atoms with Crippen LogP contribution in [0.1, 0.15) is 29.4 Å². The van der Waals surface area contributed by atoms with Crippen LogP contribution in [-0.2, 0) is 0 Å². The first-order valence-corrected chi connectivity index (χ1v) is 7.32. The monoisotopic (exact) mass is 304 g/mol. The van der Waals surface area contributed by atoms with Crippen LogP contribution < -0.4 is 4.90 Å². The third-order valence-electron chi connectivity index (χ3n) is 3.66. The maximum absolute atomic E-state index is 11.1. The zero-order valence-electron chi connectivity index (χ0n) is 11.1. The summed E-state index contributed by atoms with van der Waals surface area (Å²) >= 11 is 0.929. The van der Waals surface area contributed by atoms with Gasteiger partial charge in [-0.2, -0.15) is 5.26 Å². The van der Waals surface area contributed by atoms with Gasteiger partial charge in [0.15, 0.2) is 6.39 Å². The van der Waals surface area contributed by atoms with Crippen molar-refractivity contribution in [3.63, 3.8) is 0 Å². The summed E-state index contributed by atoms with van der Waals surface area (Å²) in [4.78, 5) is 17.0. The highest BCUT2D eigenvalue weighted by molar-refractivity contribution is 7.16. The number of hydrogen-bond acceptors (Lipinski definition) is 7. The molecule has 0 amide bonds. The third kappa shape index (κ3) is 2.60. The summed E-state index contributed by atoms with van der Waals surface area (Å²) in [5.41, 5.74) is 0.553. The van der Waals surface area contributed by atoms with E-state index >= 15 is 0 Å². The molecule has 0 bridgehead atoms. The molecule has 3 rings (SSSR count). The van der Waals surface area contributed by atoms with Crippen molar-refractivity contribution < 1.29 is 9.34 Å². The smallest absolute Gasteiger partial charge is 0.348 e. The van der Waals surface area contributed by atoms with Crippen LogP contribution in [0.15, 0.2) is 23.1 Å². The van der Waals surface area contributed by atoms with Crippen molar-refractivity contribution in [2.45, 2.75) is 18.8 Å². The Hall–Kier alpha value is -2.40. The van der Waals surface area contributed by atoms with Crippen LogP contribution in [0.2, 0.25) is 0 Å². The fourth-order valence-electron chi connectivity index (χ4n) is 2.62. The highest BCUT2D eigenvalue weighted by Gasteiger charge is 2.29. The molecule has 0 atom stereocenters. The topological polar surface area (TPSA) is 96.2 Å². The van der Waals surface area contributed by atoms with Gasteiger partial charge in [-0.1, -0.05) is 0 Å². The number of rotatable bonds is 3. The van der Waals surface area contributed by atoms with Gasteiger partial charge in [0.1, 0.15) is 22.4 Å². The van der Waals surface area contributed by atoms with Gasteiger partial charge >= 0.3 is 5.00 Å². The molecule has 0 radical (unpaired) electrons. The maximum Gasteiger partial charge on any atom is 0.348 e. The van der Waals surface area contributed by atoms with E-state index in [2.05, 4.69) is 4.98 Å². The Labute approximate surface area is 124 Å². The number of hydrogen-bond donors (Lipinski definition) is 0. The number of nitro groups is 1. The van der Waals surface area contributed by atoms with Gasteiger partial charge in [-0.15, -0.1) is 0 Å². The molecule has 0 aliphatic carbocycles. The first-order chi connectivity index (χ1) is 10.2. The Morgan fingerprint density at radius 1 is 1.52 bits per heavy atom. The van der Waals surface area contributed by atoms with Gasteiger partial charge < -0.3 is 9.32 Å². The number of oxazole rings is 1. The van der Waals surface area contributed by atoms with E-state index in [1.54, 1.807) is 12.3 Å². The van der Waals surface area contributed by atoms with E-state index in [1.165, 1.54) is 6.39 Å². The van der Waals surface area contributed by atoms with Crippen LogP contribution in [-0.4, -0.2) is 23.0 Å². The predicted octanol–water partition coefficient (Wildman–Crippen LogP) is 2.90. The Balaban J connectivity index is 1.76. The summed E-state index contributed by atoms with van der Waals surface area (Å²) in [5.74, 6) is 1.17. The average Bonchev–Trinajstić information content (AvgIpc) is 3.17. The van der Waals surface area contributed by atoms with Crippen molar-refractivity contribution in [2.24, 2.45) is 0 Å². The summed E-state index contributed by atoms with van der Waals surface area (Å²) in [7, 11) is 0. The van der Waals surface area contributed by atoms with Crippen LogP contribution in [0.4, 0.5) is 10.7 Å². The lowest BCUT2D eigenvalue weighted by atomic mass is 9.94. The zero-order chi connectivity index (χ0) is 14.8. The lowest BCUT2D eigenvalue weighted by Crippen LogP contribution is -2.32. The minimum absolute atomic E-state index is 0.0460. The van der Waals surface area contributed by atoms with Crippen molar-refractivity contribution in [3.05, 3.63) is 39.4 Å². The van der Waals surface area contributed by atoms with E-state index in [4.69, 9.17) is 9.68 Å². The molecule has 0 saturated carbocycles. The van der Waals surface area contributed by atoms with Gasteiger partial charge in [-0.25, -0.2) is 4.98 Å². The van der Waals surface area contributed by atoms with Gasteiger partial charge in [0.2, 0.25) is 0 Å². The molecule has 0 spiro atoms. The van der Waals surface area contributed by atoms with Crippen LogP contribution in [0.3, 0.4) is 0 Å². The molecule has 1 aliphatic rings. The molecule has 0 N–H and O–H groups in total. The molecule has 1 aliphatic heterocycles. The molecule has 108 valence electrons. The molecule has 2 aromatic heterocycles. The number of aromatic nitrogens is 1. The van der Waals surface area contributed by atoms with Crippen molar-refractivity contribution in [1.29, 1.82) is 5.26 Å². The lowest BCUT2D eigenvalue weighted by molar-refractivity contribution is -0.379. The van der Waals surface area contributed by atoms with Crippen molar-refractivity contribution >= 4 is 22.0 Å². The second kappa shape index (κ2) is 5.54. The third-order valence-corrected chi connectivity index (χ3v) is 4.64. The Morgan fingerprint density at radius 3 is 2.86 bits per heavy atom. The zero-order valence-corrected chi connectivity index (χ0v) is 11.9. The first-order valence-electron chi connectivity index (χ1n) is 6.50. The fraction of sp³-hybridized carbons (Fsp3) is 0.385. The fourth-order valence-corrected chi connectivity index (χ4v) is 3.41. The largest absolute Gasteiger partial charge is 0.448 e. The van der Waals surface area contributed by atoms with E-state index < -0.39 is 4.92 Å². The van der Waals surface area contributed by atoms with Crippen LogP contribution in [0.25, 0.3) is 0 Å². The molecule has 0 aromatic carbocycles. The average molecular weight is 304 g/mol. The lowest BCUT2D eigenvalue weighted by Gasteiger charge is -2.31. The minimum Gasteiger partial charge on any atom is -0.448 e. The molecular weight excluding hydrogens is 292 g/mol. The SMILES string of the molecule is N#Cc1cc(N2CCC(c3cnco3)CC2)c([N+](=O)[O-])s1. The molecule has 21 heavy (non-hydrogen) atoms. The Kier molecular flexibility index (Phi) is 3.58. The number of nitrogens with zero attached hydrogens (tertiary/aromatic N) is 4. The molecule has 0 unspecified atom stereocenters. The first kappa shape index (κ1) is 13.6. The van der Waals surface area contributed by atoms with Crippen molar-refractivity contribution in [1.82, 2.24) is 4.98 Å². The molecule has 1 saturated heterocycles. The molecule has 3 heterocycles. The number of thiophene rings is 1. The summed E-state index contributed by atoms with van der Waals surface area (Å²) in [6.45, 7) is 1.40. The van der Waals surface area contributed by atoms with Gasteiger partial charge in [0.25, 0.3) is 0 Å². The second-order valence-electron chi connectivity index (χ2n) is 4.84. The normalized spacial score (nSPS) is 15.9. The summed E-state index contributed by atoms with van der Waals surface area (Å²) < 4.78 is 5.32. The van der Waals surface area contributed by atoms with Gasteiger partial charge in [0, 0.05) is 19.0 Å². The summed E-state index contributed by atoms with van der Waals surface area (Å²) in [6.07, 6.45) is 4.85. The van der Waals surface area contributed by atoms with Gasteiger partial charge in [-0.05, 0) is 30.2 Å². The van der Waals surface area contributed by atoms with E-state index in [1.807, 2.05) is 11.0 Å². The molecule has 8 heteroatoms. The number of nitriles is 1. The quantitative estimate of drug-likeness (QED) is 0.639. The van der Waals surface area contributed by atoms with Crippen LogP contribution in [0.5, 0.6) is 0 Å². The van der Waals surface area contributed by atoms with Gasteiger partial charge in [0.05, 0.1) is 11.1 Å². The molecule has 2 aromatic rings. The molecule has 7 nitrogen and oxygen atoms in total. The van der Waals surface area contributed by atoms with Gasteiger partial charge in [-0.3, -0.25) is 10.1 Å². The van der Waals surface area contributed by atoms with E-state index in [0.717, 1.165) is 29.9 Å². The van der Waals surface area contributed by atoms with Crippen molar-refractivity contribution in [3.8, 4) is 6.07 Å². The number of anilines is 1. The molecular formula is C13H12N4O3S. The maximum atomic E-state index is 11.1. The summed E-state index contributed by atoms with van der Waals surface area (Å²) in [6, 6.07) is 3.59. The highest BCUT2D eigenvalue weighted by atomic mass is 32.1. The van der Waals surface area contributed by atoms with Crippen LogP contribution >= 0.6 is 11.3 Å². The second-order valence-corrected chi connectivity index (χ2v) is 5.87.